The number of fused-ring (bicyclic) bond motifs is 1. The van der Waals surface area contributed by atoms with Crippen LogP contribution in [0.15, 0.2) is 6.07 Å². The van der Waals surface area contributed by atoms with Crippen molar-refractivity contribution in [3.05, 3.63) is 29.0 Å². The Morgan fingerprint density at radius 3 is 2.61 bits per heavy atom. The zero-order valence-electron chi connectivity index (χ0n) is 13.0. The number of halogens is 2. The first-order valence-electron chi connectivity index (χ1n) is 6.93. The first-order chi connectivity index (χ1) is 10.9. The van der Waals surface area contributed by atoms with Gasteiger partial charge in [0.15, 0.2) is 17.4 Å². The second kappa shape index (κ2) is 6.64. The average molecular weight is 325 g/mol. The van der Waals surface area contributed by atoms with Crippen molar-refractivity contribution >= 4 is 22.7 Å². The molecule has 0 aliphatic heterocycles. The molecule has 124 valence electrons. The van der Waals surface area contributed by atoms with Crippen molar-refractivity contribution in [2.45, 2.75) is 13.3 Å². The van der Waals surface area contributed by atoms with Crippen LogP contribution in [0.1, 0.15) is 23.0 Å². The molecule has 1 heterocycles. The monoisotopic (exact) mass is 325 g/mol. The van der Waals surface area contributed by atoms with Gasteiger partial charge in [0, 0.05) is 32.0 Å². The van der Waals surface area contributed by atoms with E-state index in [0.717, 1.165) is 13.2 Å². The Labute approximate surface area is 131 Å². The van der Waals surface area contributed by atoms with Crippen molar-refractivity contribution < 1.29 is 23.1 Å². The first-order valence-corrected chi connectivity index (χ1v) is 6.93. The zero-order valence-corrected chi connectivity index (χ0v) is 13.0. The molecule has 0 radical (unpaired) electrons. The molecule has 0 saturated carbocycles. The molecule has 6 nitrogen and oxygen atoms in total. The lowest BCUT2D eigenvalue weighted by molar-refractivity contribution is -0.118. The summed E-state index contributed by atoms with van der Waals surface area (Å²) in [5.41, 5.74) is 0.625. The van der Waals surface area contributed by atoms with Gasteiger partial charge < -0.3 is 20.4 Å². The molecule has 1 aromatic carbocycles. The number of carbonyl (C=O) groups is 2. The summed E-state index contributed by atoms with van der Waals surface area (Å²) in [5, 5.41) is 5.10. The summed E-state index contributed by atoms with van der Waals surface area (Å²) in [6.07, 6.45) is 0.202. The summed E-state index contributed by atoms with van der Waals surface area (Å²) in [5.74, 6) is -2.96. The van der Waals surface area contributed by atoms with Crippen molar-refractivity contribution in [2.75, 3.05) is 20.7 Å². The largest absolute Gasteiger partial charge is 0.491 e. The summed E-state index contributed by atoms with van der Waals surface area (Å²) in [4.78, 5) is 25.7. The van der Waals surface area contributed by atoms with Crippen LogP contribution in [0.4, 0.5) is 8.78 Å². The number of H-pyrrole nitrogens is 1. The number of hydrogen-bond donors (Lipinski definition) is 3. The topological polar surface area (TPSA) is 83.2 Å². The SMILES string of the molecule is CNC(=O)c1[nH]c2cc(F)c(OC)c(F)c2c1CCNC(C)=O. The van der Waals surface area contributed by atoms with Crippen LogP contribution in [-0.2, 0) is 11.2 Å². The van der Waals surface area contributed by atoms with Crippen LogP contribution in [0.2, 0.25) is 0 Å². The summed E-state index contributed by atoms with van der Waals surface area (Å²) in [7, 11) is 2.60. The summed E-state index contributed by atoms with van der Waals surface area (Å²) in [6, 6.07) is 1.07. The van der Waals surface area contributed by atoms with Gasteiger partial charge in [-0.3, -0.25) is 9.59 Å². The number of aromatic nitrogens is 1. The molecule has 23 heavy (non-hydrogen) atoms. The Morgan fingerprint density at radius 1 is 1.35 bits per heavy atom. The standard InChI is InChI=1S/C15H17F2N3O3/c1-7(21)19-5-4-8-11-10(20-13(8)15(22)18-2)6-9(16)14(23-3)12(11)17/h6,20H,4-5H2,1-3H3,(H,18,22)(H,19,21). The Morgan fingerprint density at radius 2 is 2.04 bits per heavy atom. The Balaban J connectivity index is 2.62. The highest BCUT2D eigenvalue weighted by Crippen LogP contribution is 2.33. The van der Waals surface area contributed by atoms with Crippen LogP contribution < -0.4 is 15.4 Å². The average Bonchev–Trinajstić information content (AvgIpc) is 2.85. The normalized spacial score (nSPS) is 10.7. The van der Waals surface area contributed by atoms with Crippen LogP contribution in [0.25, 0.3) is 10.9 Å². The highest BCUT2D eigenvalue weighted by atomic mass is 19.1. The van der Waals surface area contributed by atoms with Crippen LogP contribution in [0.3, 0.4) is 0 Å². The predicted molar refractivity (Wildman–Crippen MR) is 80.5 cm³/mol. The van der Waals surface area contributed by atoms with Crippen LogP contribution >= 0.6 is 0 Å². The number of methoxy groups -OCH3 is 1. The van der Waals surface area contributed by atoms with E-state index in [1.54, 1.807) is 0 Å². The number of hydrogen-bond acceptors (Lipinski definition) is 3. The predicted octanol–water partition coefficient (Wildman–Crippen LogP) is 1.49. The number of nitrogens with one attached hydrogen (secondary N) is 3. The van der Waals surface area contributed by atoms with Gasteiger partial charge in [-0.2, -0.15) is 0 Å². The molecule has 3 N–H and O–H groups in total. The third-order valence-electron chi connectivity index (χ3n) is 3.45. The Hall–Kier alpha value is -2.64. The summed E-state index contributed by atoms with van der Waals surface area (Å²) >= 11 is 0. The van der Waals surface area contributed by atoms with E-state index in [1.807, 2.05) is 0 Å². The van der Waals surface area contributed by atoms with Gasteiger partial charge >= 0.3 is 0 Å². The van der Waals surface area contributed by atoms with Gasteiger partial charge in [-0.25, -0.2) is 8.78 Å². The minimum Gasteiger partial charge on any atom is -0.491 e. The zero-order chi connectivity index (χ0) is 17.1. The van der Waals surface area contributed by atoms with Crippen molar-refractivity contribution in [3.8, 4) is 5.75 Å². The van der Waals surface area contributed by atoms with E-state index in [0.29, 0.717) is 5.56 Å². The minimum atomic E-state index is -0.883. The molecule has 2 amide bonds. The highest BCUT2D eigenvalue weighted by Gasteiger charge is 2.23. The second-order valence-electron chi connectivity index (χ2n) is 4.92. The molecule has 0 spiro atoms. The molecule has 0 unspecified atom stereocenters. The summed E-state index contributed by atoms with van der Waals surface area (Å²) in [6.45, 7) is 1.57. The van der Waals surface area contributed by atoms with E-state index >= 15 is 0 Å². The number of amides is 2. The van der Waals surface area contributed by atoms with Crippen molar-refractivity contribution in [2.24, 2.45) is 0 Å². The van der Waals surface area contributed by atoms with E-state index < -0.39 is 23.3 Å². The molecule has 1 aromatic heterocycles. The van der Waals surface area contributed by atoms with Crippen LogP contribution in [0.5, 0.6) is 5.75 Å². The fourth-order valence-corrected chi connectivity index (χ4v) is 2.45. The molecule has 0 bridgehead atoms. The highest BCUT2D eigenvalue weighted by molar-refractivity contribution is 6.01. The molecule has 0 saturated heterocycles. The van der Waals surface area contributed by atoms with E-state index in [-0.39, 0.29) is 35.5 Å². The van der Waals surface area contributed by atoms with E-state index in [2.05, 4.69) is 15.6 Å². The molecule has 0 fully saturated rings. The van der Waals surface area contributed by atoms with E-state index in [4.69, 9.17) is 4.74 Å². The minimum absolute atomic E-state index is 0.0761. The lowest BCUT2D eigenvalue weighted by atomic mass is 10.1. The van der Waals surface area contributed by atoms with E-state index in [9.17, 15) is 18.4 Å². The van der Waals surface area contributed by atoms with Crippen LogP contribution in [-0.4, -0.2) is 37.5 Å². The fraction of sp³-hybridized carbons (Fsp3) is 0.333. The maximum Gasteiger partial charge on any atom is 0.267 e. The van der Waals surface area contributed by atoms with Gasteiger partial charge in [0.05, 0.1) is 12.6 Å². The number of carbonyl (C=O) groups excluding carboxylic acids is 2. The maximum atomic E-state index is 14.6. The molecule has 0 aliphatic carbocycles. The van der Waals surface area contributed by atoms with Gasteiger partial charge in [0.1, 0.15) is 5.69 Å². The van der Waals surface area contributed by atoms with Gasteiger partial charge in [0.25, 0.3) is 5.91 Å². The molecular weight excluding hydrogens is 308 g/mol. The number of rotatable bonds is 5. The lowest BCUT2D eigenvalue weighted by Crippen LogP contribution is -2.24. The van der Waals surface area contributed by atoms with Crippen molar-refractivity contribution in [1.29, 1.82) is 0 Å². The number of aromatic amines is 1. The van der Waals surface area contributed by atoms with E-state index in [1.165, 1.54) is 14.0 Å². The third-order valence-corrected chi connectivity index (χ3v) is 3.45. The number of ether oxygens (including phenoxy) is 1. The fourth-order valence-electron chi connectivity index (χ4n) is 2.45. The molecule has 8 heteroatoms. The van der Waals surface area contributed by atoms with Crippen molar-refractivity contribution in [1.82, 2.24) is 15.6 Å². The summed E-state index contributed by atoms with van der Waals surface area (Å²) < 4.78 is 33.1. The quantitative estimate of drug-likeness (QED) is 0.779. The number of benzene rings is 1. The first kappa shape index (κ1) is 16.7. The lowest BCUT2D eigenvalue weighted by Gasteiger charge is -2.07. The maximum absolute atomic E-state index is 14.6. The molecule has 2 aromatic rings. The van der Waals surface area contributed by atoms with Crippen molar-refractivity contribution in [3.63, 3.8) is 0 Å². The Bertz CT molecular complexity index is 771. The molecule has 2 rings (SSSR count). The van der Waals surface area contributed by atoms with Gasteiger partial charge in [-0.05, 0) is 12.0 Å². The molecule has 0 aliphatic rings. The Kier molecular flexibility index (Phi) is 4.83. The van der Waals surface area contributed by atoms with Gasteiger partial charge in [0.2, 0.25) is 5.91 Å². The molecular formula is C15H17F2N3O3. The smallest absolute Gasteiger partial charge is 0.267 e. The molecule has 0 atom stereocenters. The van der Waals surface area contributed by atoms with Crippen LogP contribution in [0, 0.1) is 11.6 Å². The third kappa shape index (κ3) is 3.10. The van der Waals surface area contributed by atoms with Gasteiger partial charge in [-0.1, -0.05) is 0 Å². The second-order valence-corrected chi connectivity index (χ2v) is 4.92. The van der Waals surface area contributed by atoms with Gasteiger partial charge in [-0.15, -0.1) is 0 Å².